The lowest BCUT2D eigenvalue weighted by atomic mass is 10.2. The number of nitrogens with zero attached hydrogens (tertiary/aromatic N) is 4. The standard InChI is InChI=1S/C21H31N5O3.HI/c1-3-22-21(23-16-18-5-4-6-20(15-18)28-14-13-27-2)26-10-8-25(9-11-26)17-19-7-12-29-24-19;/h4-7,12,15H,3,8-11,13-14,16-17H2,1-2H3,(H,22,23);1H. The summed E-state index contributed by atoms with van der Waals surface area (Å²) in [5.41, 5.74) is 2.10. The molecule has 0 radical (unpaired) electrons. The van der Waals surface area contributed by atoms with Crippen LogP contribution in [0.15, 0.2) is 46.1 Å². The van der Waals surface area contributed by atoms with Crippen molar-refractivity contribution in [3.8, 4) is 5.75 Å². The fraction of sp³-hybridized carbons (Fsp3) is 0.524. The van der Waals surface area contributed by atoms with Gasteiger partial charge in [0.05, 0.1) is 18.8 Å². The third kappa shape index (κ3) is 7.77. The number of rotatable bonds is 9. The summed E-state index contributed by atoms with van der Waals surface area (Å²) in [6.45, 7) is 9.32. The molecule has 1 aliphatic heterocycles. The van der Waals surface area contributed by atoms with Gasteiger partial charge in [-0.15, -0.1) is 24.0 Å². The second-order valence-electron chi connectivity index (χ2n) is 6.91. The Balaban J connectivity index is 0.00000320. The van der Waals surface area contributed by atoms with Crippen LogP contribution in [-0.4, -0.2) is 74.0 Å². The van der Waals surface area contributed by atoms with Crippen LogP contribution >= 0.6 is 24.0 Å². The number of hydrogen-bond donors (Lipinski definition) is 1. The van der Waals surface area contributed by atoms with Crippen LogP contribution in [-0.2, 0) is 17.8 Å². The molecule has 166 valence electrons. The summed E-state index contributed by atoms with van der Waals surface area (Å²) in [6.07, 6.45) is 1.62. The molecule has 0 unspecified atom stereocenters. The average molecular weight is 529 g/mol. The molecule has 9 heteroatoms. The van der Waals surface area contributed by atoms with Crippen LogP contribution in [0.3, 0.4) is 0 Å². The van der Waals surface area contributed by atoms with Crippen molar-refractivity contribution in [2.75, 3.05) is 53.0 Å². The van der Waals surface area contributed by atoms with Crippen LogP contribution in [0, 0.1) is 0 Å². The molecule has 1 aromatic heterocycles. The van der Waals surface area contributed by atoms with Crippen LogP contribution in [0.25, 0.3) is 0 Å². The Kier molecular flexibility index (Phi) is 11.0. The number of ether oxygens (including phenoxy) is 2. The van der Waals surface area contributed by atoms with Crippen LogP contribution in [0.2, 0.25) is 0 Å². The van der Waals surface area contributed by atoms with E-state index in [1.54, 1.807) is 13.4 Å². The molecule has 1 fully saturated rings. The quantitative estimate of drug-likeness (QED) is 0.232. The highest BCUT2D eigenvalue weighted by Crippen LogP contribution is 2.14. The second-order valence-corrected chi connectivity index (χ2v) is 6.91. The Morgan fingerprint density at radius 2 is 2.03 bits per heavy atom. The van der Waals surface area contributed by atoms with Gasteiger partial charge in [-0.2, -0.15) is 0 Å². The van der Waals surface area contributed by atoms with Gasteiger partial charge in [-0.1, -0.05) is 17.3 Å². The first-order valence-corrected chi connectivity index (χ1v) is 10.1. The van der Waals surface area contributed by atoms with Crippen molar-refractivity contribution < 1.29 is 14.0 Å². The van der Waals surface area contributed by atoms with Crippen LogP contribution < -0.4 is 10.1 Å². The van der Waals surface area contributed by atoms with Gasteiger partial charge >= 0.3 is 0 Å². The molecule has 1 saturated heterocycles. The molecule has 1 N–H and O–H groups in total. The fourth-order valence-electron chi connectivity index (χ4n) is 3.23. The zero-order chi connectivity index (χ0) is 20.3. The zero-order valence-electron chi connectivity index (χ0n) is 17.7. The minimum Gasteiger partial charge on any atom is -0.491 e. The number of aromatic nitrogens is 1. The maximum Gasteiger partial charge on any atom is 0.194 e. The minimum atomic E-state index is 0. The molecule has 2 aromatic rings. The molecule has 1 aromatic carbocycles. The normalized spacial score (nSPS) is 15.0. The van der Waals surface area contributed by atoms with Gasteiger partial charge in [-0.25, -0.2) is 4.99 Å². The SMILES string of the molecule is CCNC(=NCc1cccc(OCCOC)c1)N1CCN(Cc2ccon2)CC1.I. The van der Waals surface area contributed by atoms with Gasteiger partial charge in [0.25, 0.3) is 0 Å². The Labute approximate surface area is 195 Å². The van der Waals surface area contributed by atoms with Crippen molar-refractivity contribution in [2.24, 2.45) is 4.99 Å². The number of piperazine rings is 1. The van der Waals surface area contributed by atoms with Gasteiger partial charge < -0.3 is 24.2 Å². The lowest BCUT2D eigenvalue weighted by molar-refractivity contribution is 0.146. The molecular weight excluding hydrogens is 497 g/mol. The van der Waals surface area contributed by atoms with Crippen molar-refractivity contribution in [3.05, 3.63) is 47.9 Å². The minimum absolute atomic E-state index is 0. The lowest BCUT2D eigenvalue weighted by Crippen LogP contribution is -2.52. The van der Waals surface area contributed by atoms with E-state index in [1.807, 2.05) is 24.3 Å². The van der Waals surface area contributed by atoms with E-state index in [0.717, 1.165) is 62.2 Å². The molecule has 8 nitrogen and oxygen atoms in total. The molecule has 1 aliphatic rings. The summed E-state index contributed by atoms with van der Waals surface area (Å²) in [7, 11) is 1.67. The second kappa shape index (κ2) is 13.5. The summed E-state index contributed by atoms with van der Waals surface area (Å²) < 4.78 is 15.7. The third-order valence-electron chi connectivity index (χ3n) is 4.75. The predicted molar refractivity (Wildman–Crippen MR) is 127 cm³/mol. The molecular formula is C21H32IN5O3. The maximum absolute atomic E-state index is 5.70. The number of aliphatic imine (C=N–C) groups is 1. The summed E-state index contributed by atoms with van der Waals surface area (Å²) in [5.74, 6) is 1.81. The highest BCUT2D eigenvalue weighted by Gasteiger charge is 2.20. The van der Waals surface area contributed by atoms with Crippen LogP contribution in [0.1, 0.15) is 18.2 Å². The Hall–Kier alpha value is -1.85. The maximum atomic E-state index is 5.70. The number of halogens is 1. The number of benzene rings is 1. The highest BCUT2D eigenvalue weighted by molar-refractivity contribution is 14.0. The lowest BCUT2D eigenvalue weighted by Gasteiger charge is -2.36. The van der Waals surface area contributed by atoms with E-state index in [4.69, 9.17) is 19.0 Å². The van der Waals surface area contributed by atoms with Gasteiger partial charge in [-0.3, -0.25) is 4.90 Å². The first-order chi connectivity index (χ1) is 14.3. The largest absolute Gasteiger partial charge is 0.491 e. The summed E-state index contributed by atoms with van der Waals surface area (Å²) in [5, 5.41) is 7.43. The van der Waals surface area contributed by atoms with E-state index >= 15 is 0 Å². The monoisotopic (exact) mass is 529 g/mol. The van der Waals surface area contributed by atoms with E-state index in [0.29, 0.717) is 19.8 Å². The third-order valence-corrected chi connectivity index (χ3v) is 4.75. The Morgan fingerprint density at radius 3 is 2.73 bits per heavy atom. The molecule has 0 saturated carbocycles. The van der Waals surface area contributed by atoms with E-state index in [2.05, 4.69) is 33.3 Å². The van der Waals surface area contributed by atoms with E-state index in [9.17, 15) is 0 Å². The van der Waals surface area contributed by atoms with E-state index in [1.165, 1.54) is 0 Å². The first kappa shape index (κ1) is 24.4. The highest BCUT2D eigenvalue weighted by atomic mass is 127. The summed E-state index contributed by atoms with van der Waals surface area (Å²) in [4.78, 5) is 9.56. The predicted octanol–water partition coefficient (Wildman–Crippen LogP) is 2.60. The van der Waals surface area contributed by atoms with Crippen molar-refractivity contribution >= 4 is 29.9 Å². The average Bonchev–Trinajstić information content (AvgIpc) is 3.25. The fourth-order valence-corrected chi connectivity index (χ4v) is 3.23. The summed E-state index contributed by atoms with van der Waals surface area (Å²) in [6, 6.07) is 10.0. The molecule has 2 heterocycles. The Morgan fingerprint density at radius 1 is 1.20 bits per heavy atom. The molecule has 0 atom stereocenters. The van der Waals surface area contributed by atoms with Crippen molar-refractivity contribution in [2.45, 2.75) is 20.0 Å². The molecule has 0 spiro atoms. The first-order valence-electron chi connectivity index (χ1n) is 10.1. The molecule has 3 rings (SSSR count). The van der Waals surface area contributed by atoms with Gasteiger partial charge in [0.1, 0.15) is 18.6 Å². The Bertz CT molecular complexity index is 749. The van der Waals surface area contributed by atoms with Crippen molar-refractivity contribution in [1.82, 2.24) is 20.3 Å². The van der Waals surface area contributed by atoms with Crippen LogP contribution in [0.5, 0.6) is 5.75 Å². The molecule has 30 heavy (non-hydrogen) atoms. The molecule has 0 amide bonds. The van der Waals surface area contributed by atoms with E-state index in [-0.39, 0.29) is 24.0 Å². The van der Waals surface area contributed by atoms with Crippen molar-refractivity contribution in [3.63, 3.8) is 0 Å². The zero-order valence-corrected chi connectivity index (χ0v) is 20.1. The number of methoxy groups -OCH3 is 1. The van der Waals surface area contributed by atoms with E-state index < -0.39 is 0 Å². The van der Waals surface area contributed by atoms with Gasteiger partial charge in [0.2, 0.25) is 0 Å². The van der Waals surface area contributed by atoms with Gasteiger partial charge in [-0.05, 0) is 24.6 Å². The van der Waals surface area contributed by atoms with Crippen LogP contribution in [0.4, 0.5) is 0 Å². The topological polar surface area (TPSA) is 75.4 Å². The molecule has 0 aliphatic carbocycles. The number of hydrogen-bond acceptors (Lipinski definition) is 6. The molecule has 0 bridgehead atoms. The smallest absolute Gasteiger partial charge is 0.194 e. The van der Waals surface area contributed by atoms with Gasteiger partial charge in [0, 0.05) is 52.4 Å². The van der Waals surface area contributed by atoms with Crippen molar-refractivity contribution in [1.29, 1.82) is 0 Å². The number of guanidine groups is 1. The summed E-state index contributed by atoms with van der Waals surface area (Å²) >= 11 is 0. The number of nitrogens with one attached hydrogen (secondary N) is 1. The van der Waals surface area contributed by atoms with Gasteiger partial charge in [0.15, 0.2) is 5.96 Å².